The fourth-order valence-electron chi connectivity index (χ4n) is 6.15. The zero-order valence-electron chi connectivity index (χ0n) is 21.1. The number of aromatic amines is 1. The number of imidazole rings is 1. The first-order chi connectivity index (χ1) is 19.8. The molecule has 0 radical (unpaired) electrons. The standard InChI is InChI=1S/C28H19Cl2FN8O2/c29-15-2-3-19(38-11-21(30)36-37-38)16(8-15)13-6-20-17-9-18(17)25(39(20)23(41)7-13)28-34-24(26(31)35-28)14-5-12-1-4-22(40)33-27(12)32-10-14/h2-3,5-8,10-11,17-18,25H,1,4,9H2,(H,34,35)(H,32,33,40)/t17-,18+,25+/m1/s1. The van der Waals surface area contributed by atoms with Crippen LogP contribution in [0.15, 0.2) is 53.6 Å². The third kappa shape index (κ3) is 3.91. The van der Waals surface area contributed by atoms with E-state index in [4.69, 9.17) is 23.2 Å². The van der Waals surface area contributed by atoms with Crippen molar-refractivity contribution in [3.63, 3.8) is 0 Å². The Morgan fingerprint density at radius 3 is 2.76 bits per heavy atom. The summed E-state index contributed by atoms with van der Waals surface area (Å²) in [5.74, 6) is 0.419. The average Bonchev–Trinajstić information content (AvgIpc) is 3.27. The van der Waals surface area contributed by atoms with Gasteiger partial charge in [-0.3, -0.25) is 9.59 Å². The number of fused-ring (bicyclic) bond motifs is 4. The van der Waals surface area contributed by atoms with Gasteiger partial charge in [-0.15, -0.1) is 5.10 Å². The molecule has 8 rings (SSSR count). The molecule has 5 aromatic rings. The van der Waals surface area contributed by atoms with Crippen LogP contribution in [0.25, 0.3) is 28.1 Å². The first-order valence-corrected chi connectivity index (χ1v) is 13.8. The fraction of sp³-hybridized carbons (Fsp3) is 0.214. The van der Waals surface area contributed by atoms with Gasteiger partial charge in [-0.25, -0.2) is 14.6 Å². The van der Waals surface area contributed by atoms with Crippen molar-refractivity contribution >= 4 is 34.9 Å². The van der Waals surface area contributed by atoms with Crippen LogP contribution in [0.2, 0.25) is 10.2 Å². The number of pyridine rings is 2. The van der Waals surface area contributed by atoms with Gasteiger partial charge in [0, 0.05) is 46.4 Å². The zero-order chi connectivity index (χ0) is 28.0. The zero-order valence-corrected chi connectivity index (χ0v) is 22.6. The van der Waals surface area contributed by atoms with Gasteiger partial charge in [0.15, 0.2) is 5.15 Å². The van der Waals surface area contributed by atoms with Crippen molar-refractivity contribution in [3.8, 4) is 28.1 Å². The van der Waals surface area contributed by atoms with Gasteiger partial charge in [-0.2, -0.15) is 4.39 Å². The topological polar surface area (TPSA) is 123 Å². The molecular formula is C28H19Cl2FN8O2. The lowest BCUT2D eigenvalue weighted by atomic mass is 10.0. The number of benzene rings is 1. The monoisotopic (exact) mass is 588 g/mol. The summed E-state index contributed by atoms with van der Waals surface area (Å²) in [7, 11) is 0. The molecule has 41 heavy (non-hydrogen) atoms. The molecule has 3 atom stereocenters. The minimum absolute atomic E-state index is 0.0883. The van der Waals surface area contributed by atoms with Gasteiger partial charge in [0.2, 0.25) is 11.9 Å². The van der Waals surface area contributed by atoms with Crippen LogP contribution >= 0.6 is 23.2 Å². The molecule has 6 heterocycles. The molecule has 204 valence electrons. The van der Waals surface area contributed by atoms with Gasteiger partial charge < -0.3 is 14.9 Å². The van der Waals surface area contributed by atoms with E-state index in [0.29, 0.717) is 51.9 Å². The van der Waals surface area contributed by atoms with Crippen LogP contribution < -0.4 is 10.9 Å². The number of anilines is 1. The second kappa shape index (κ2) is 8.82. The van der Waals surface area contributed by atoms with Crippen LogP contribution in [0.4, 0.5) is 10.2 Å². The van der Waals surface area contributed by atoms with Crippen molar-refractivity contribution < 1.29 is 9.18 Å². The number of carbonyl (C=O) groups is 1. The van der Waals surface area contributed by atoms with E-state index in [1.165, 1.54) is 10.9 Å². The van der Waals surface area contributed by atoms with Crippen molar-refractivity contribution in [1.29, 1.82) is 0 Å². The second-order valence-electron chi connectivity index (χ2n) is 10.5. The highest BCUT2D eigenvalue weighted by Crippen LogP contribution is 2.60. The highest BCUT2D eigenvalue weighted by Gasteiger charge is 2.54. The molecule has 1 saturated carbocycles. The van der Waals surface area contributed by atoms with Crippen molar-refractivity contribution in [2.75, 3.05) is 5.32 Å². The van der Waals surface area contributed by atoms with E-state index in [1.54, 1.807) is 35.0 Å². The molecule has 0 spiro atoms. The number of aryl methyl sites for hydroxylation is 1. The summed E-state index contributed by atoms with van der Waals surface area (Å²) >= 11 is 12.3. The minimum atomic E-state index is -0.660. The fourth-order valence-corrected chi connectivity index (χ4v) is 6.45. The van der Waals surface area contributed by atoms with E-state index < -0.39 is 12.0 Å². The Morgan fingerprint density at radius 2 is 1.93 bits per heavy atom. The molecule has 4 aromatic heterocycles. The quantitative estimate of drug-likeness (QED) is 0.307. The normalized spacial score (nSPS) is 20.4. The highest BCUT2D eigenvalue weighted by atomic mass is 35.5. The van der Waals surface area contributed by atoms with E-state index in [0.717, 1.165) is 17.7 Å². The molecule has 0 unspecified atom stereocenters. The molecular weight excluding hydrogens is 570 g/mol. The molecule has 10 nitrogen and oxygen atoms in total. The Morgan fingerprint density at radius 1 is 1.05 bits per heavy atom. The van der Waals surface area contributed by atoms with Crippen LogP contribution in [0, 0.1) is 11.9 Å². The molecule has 3 aliphatic rings. The number of carbonyl (C=O) groups excluding carboxylic acids is 1. The maximum Gasteiger partial charge on any atom is 0.252 e. The van der Waals surface area contributed by atoms with E-state index in [1.807, 2.05) is 12.1 Å². The summed E-state index contributed by atoms with van der Waals surface area (Å²) in [6, 6.07) is 10.2. The molecule has 13 heteroatoms. The van der Waals surface area contributed by atoms with Gasteiger partial charge in [0.05, 0.1) is 17.9 Å². The van der Waals surface area contributed by atoms with Crippen molar-refractivity contribution in [3.05, 3.63) is 92.4 Å². The average molecular weight is 589 g/mol. The van der Waals surface area contributed by atoms with Crippen molar-refractivity contribution in [2.24, 2.45) is 5.92 Å². The number of hydrogen-bond acceptors (Lipinski definition) is 6. The Bertz CT molecular complexity index is 1980. The molecule has 0 saturated heterocycles. The third-order valence-electron chi connectivity index (χ3n) is 8.08. The first-order valence-electron chi connectivity index (χ1n) is 13.0. The minimum Gasteiger partial charge on any atom is -0.338 e. The Hall–Kier alpha value is -4.35. The molecule has 1 aromatic carbocycles. The number of rotatable bonds is 4. The maximum absolute atomic E-state index is 15.2. The molecule has 0 bridgehead atoms. The van der Waals surface area contributed by atoms with Gasteiger partial charge >= 0.3 is 0 Å². The molecule has 1 aliphatic carbocycles. The Labute approximate surface area is 241 Å². The van der Waals surface area contributed by atoms with Crippen LogP contribution in [0.3, 0.4) is 0 Å². The summed E-state index contributed by atoms with van der Waals surface area (Å²) in [5, 5.41) is 11.4. The number of halogens is 3. The van der Waals surface area contributed by atoms with Gasteiger partial charge in [-0.05, 0) is 60.2 Å². The predicted octanol–water partition coefficient (Wildman–Crippen LogP) is 4.92. The molecule has 1 amide bonds. The molecule has 1 fully saturated rings. The Balaban J connectivity index is 1.19. The van der Waals surface area contributed by atoms with E-state index in [9.17, 15) is 9.59 Å². The SMILES string of the molecule is O=C1CCc2cc(-c3[nH]c([C@@H]4[C@H]5C[C@H]5c5cc(-c6cc(Cl)ccc6-n6cc(Cl)nn6)cc(=O)n54)nc3F)cnc2N1. The number of hydrogen-bond donors (Lipinski definition) is 2. The molecule has 2 aliphatic heterocycles. The maximum atomic E-state index is 15.2. The second-order valence-corrected chi connectivity index (χ2v) is 11.4. The van der Waals surface area contributed by atoms with E-state index >= 15 is 4.39 Å². The van der Waals surface area contributed by atoms with Crippen molar-refractivity contribution in [2.45, 2.75) is 31.2 Å². The first kappa shape index (κ1) is 24.4. The number of amides is 1. The van der Waals surface area contributed by atoms with Gasteiger partial charge in [-0.1, -0.05) is 28.4 Å². The lowest BCUT2D eigenvalue weighted by molar-refractivity contribution is -0.116. The van der Waals surface area contributed by atoms with E-state index in [-0.39, 0.29) is 34.1 Å². The lowest BCUT2D eigenvalue weighted by Gasteiger charge is -2.18. The van der Waals surface area contributed by atoms with Crippen LogP contribution in [-0.4, -0.2) is 40.4 Å². The summed E-state index contributed by atoms with van der Waals surface area (Å²) in [6.45, 7) is 0. The van der Waals surface area contributed by atoms with Gasteiger partial charge in [0.1, 0.15) is 17.3 Å². The predicted molar refractivity (Wildman–Crippen MR) is 149 cm³/mol. The van der Waals surface area contributed by atoms with Crippen molar-refractivity contribution in [1.82, 2.24) is 34.5 Å². The smallest absolute Gasteiger partial charge is 0.252 e. The highest BCUT2D eigenvalue weighted by molar-refractivity contribution is 6.31. The summed E-state index contributed by atoms with van der Waals surface area (Å²) < 4.78 is 18.5. The number of nitrogens with one attached hydrogen (secondary N) is 2. The number of aromatic nitrogens is 7. The lowest BCUT2D eigenvalue weighted by Crippen LogP contribution is -2.26. The number of H-pyrrole nitrogens is 1. The van der Waals surface area contributed by atoms with Gasteiger partial charge in [0.25, 0.3) is 5.56 Å². The van der Waals surface area contributed by atoms with Crippen LogP contribution in [0.1, 0.15) is 41.9 Å². The molecule has 2 N–H and O–H groups in total. The third-order valence-corrected chi connectivity index (χ3v) is 8.48. The summed E-state index contributed by atoms with van der Waals surface area (Å²) in [5.41, 5.74) is 4.30. The van der Waals surface area contributed by atoms with Crippen LogP contribution in [-0.2, 0) is 11.2 Å². The number of nitrogens with zero attached hydrogens (tertiary/aromatic N) is 6. The largest absolute Gasteiger partial charge is 0.338 e. The van der Waals surface area contributed by atoms with E-state index in [2.05, 4.69) is 30.6 Å². The summed E-state index contributed by atoms with van der Waals surface area (Å²) in [6.07, 6.45) is 4.84. The summed E-state index contributed by atoms with van der Waals surface area (Å²) in [4.78, 5) is 37.0. The Kier molecular flexibility index (Phi) is 5.26. The van der Waals surface area contributed by atoms with Crippen LogP contribution in [0.5, 0.6) is 0 Å².